The fourth-order valence-corrected chi connectivity index (χ4v) is 3.91. The van der Waals surface area contributed by atoms with Crippen LogP contribution in [-0.4, -0.2) is 27.9 Å². The normalized spacial score (nSPS) is 17.6. The minimum absolute atomic E-state index is 0.447. The van der Waals surface area contributed by atoms with E-state index in [0.29, 0.717) is 18.2 Å². The van der Waals surface area contributed by atoms with Gasteiger partial charge in [-0.3, -0.25) is 9.20 Å². The summed E-state index contributed by atoms with van der Waals surface area (Å²) in [6.45, 7) is 3.42. The second-order valence-electron chi connectivity index (χ2n) is 7.08. The number of aromatic nitrogens is 2. The smallest absolute Gasteiger partial charge is 0.267 e. The van der Waals surface area contributed by atoms with Crippen LogP contribution < -0.4 is 10.6 Å². The number of nitrogens with zero attached hydrogens (tertiary/aromatic N) is 3. The van der Waals surface area contributed by atoms with E-state index in [4.69, 9.17) is 5.73 Å². The molecule has 2 N–H and O–H groups in total. The number of benzene rings is 1. The molecule has 1 aromatic carbocycles. The molecule has 1 aliphatic heterocycles. The number of carbonyl (C=O) groups excluding carboxylic acids is 1. The topological polar surface area (TPSA) is 63.6 Å². The Morgan fingerprint density at radius 3 is 2.73 bits per heavy atom. The first kappa shape index (κ1) is 16.6. The zero-order valence-electron chi connectivity index (χ0n) is 15.1. The van der Waals surface area contributed by atoms with Crippen molar-refractivity contribution >= 4 is 17.2 Å². The van der Waals surface area contributed by atoms with E-state index in [1.807, 2.05) is 24.4 Å². The molecule has 0 saturated carbocycles. The van der Waals surface area contributed by atoms with Crippen molar-refractivity contribution in [2.75, 3.05) is 11.4 Å². The van der Waals surface area contributed by atoms with E-state index < -0.39 is 5.91 Å². The molecule has 134 valence electrons. The third kappa shape index (κ3) is 3.05. The number of anilines is 1. The van der Waals surface area contributed by atoms with Gasteiger partial charge in [-0.1, -0.05) is 18.2 Å². The molecule has 0 bridgehead atoms. The quantitative estimate of drug-likeness (QED) is 0.786. The van der Waals surface area contributed by atoms with E-state index in [0.717, 1.165) is 23.4 Å². The van der Waals surface area contributed by atoms with Gasteiger partial charge in [0, 0.05) is 30.9 Å². The lowest BCUT2D eigenvalue weighted by Gasteiger charge is -2.35. The molecule has 26 heavy (non-hydrogen) atoms. The van der Waals surface area contributed by atoms with Crippen molar-refractivity contribution in [2.24, 2.45) is 5.73 Å². The molecular formula is C21H24N4O. The lowest BCUT2D eigenvalue weighted by Crippen LogP contribution is -2.37. The molecule has 1 fully saturated rings. The number of fused-ring (bicyclic) bond motifs is 1. The summed E-state index contributed by atoms with van der Waals surface area (Å²) in [7, 11) is 0. The van der Waals surface area contributed by atoms with Crippen molar-refractivity contribution in [3.8, 4) is 0 Å². The predicted molar refractivity (Wildman–Crippen MR) is 104 cm³/mol. The summed E-state index contributed by atoms with van der Waals surface area (Å²) >= 11 is 0. The molecule has 1 amide bonds. The molecule has 5 heteroatoms. The van der Waals surface area contributed by atoms with Crippen molar-refractivity contribution in [1.82, 2.24) is 9.38 Å². The molecule has 4 rings (SSSR count). The third-order valence-corrected chi connectivity index (χ3v) is 5.28. The Balaban J connectivity index is 1.61. The Morgan fingerprint density at radius 2 is 2.00 bits per heavy atom. The van der Waals surface area contributed by atoms with Crippen LogP contribution in [0.1, 0.15) is 47.9 Å². The molecule has 1 aliphatic rings. The van der Waals surface area contributed by atoms with Gasteiger partial charge >= 0.3 is 0 Å². The molecule has 0 spiro atoms. The maximum atomic E-state index is 11.9. The Labute approximate surface area is 153 Å². The number of hydrogen-bond donors (Lipinski definition) is 1. The summed E-state index contributed by atoms with van der Waals surface area (Å²) in [5, 5.41) is 0. The van der Waals surface area contributed by atoms with Crippen LogP contribution in [0.4, 0.5) is 5.69 Å². The van der Waals surface area contributed by atoms with Gasteiger partial charge in [0.1, 0.15) is 11.3 Å². The van der Waals surface area contributed by atoms with Crippen LogP contribution in [0, 0.1) is 0 Å². The second kappa shape index (κ2) is 6.83. The molecular weight excluding hydrogens is 324 g/mol. The highest BCUT2D eigenvalue weighted by atomic mass is 16.1. The average molecular weight is 348 g/mol. The lowest BCUT2D eigenvalue weighted by molar-refractivity contribution is 0.0994. The highest BCUT2D eigenvalue weighted by Crippen LogP contribution is 2.25. The molecule has 1 atom stereocenters. The van der Waals surface area contributed by atoms with Crippen LogP contribution in [0.25, 0.3) is 5.65 Å². The van der Waals surface area contributed by atoms with Crippen molar-refractivity contribution < 1.29 is 4.79 Å². The van der Waals surface area contributed by atoms with E-state index in [1.54, 1.807) is 4.40 Å². The van der Waals surface area contributed by atoms with Crippen LogP contribution in [0.2, 0.25) is 0 Å². The number of nitrogens with two attached hydrogens (primary N) is 1. The Bertz CT molecular complexity index is 929. The van der Waals surface area contributed by atoms with Crippen molar-refractivity contribution in [2.45, 2.75) is 38.6 Å². The summed E-state index contributed by atoms with van der Waals surface area (Å²) in [6.07, 6.45) is 6.25. The fraction of sp³-hybridized carbons (Fsp3) is 0.333. The first-order chi connectivity index (χ1) is 12.6. The zero-order chi connectivity index (χ0) is 18.1. The van der Waals surface area contributed by atoms with Gasteiger partial charge in [-0.05, 0) is 56.0 Å². The third-order valence-electron chi connectivity index (χ3n) is 5.28. The molecule has 2 aromatic heterocycles. The van der Waals surface area contributed by atoms with Gasteiger partial charge in [0.2, 0.25) is 0 Å². The van der Waals surface area contributed by atoms with E-state index in [1.165, 1.54) is 24.9 Å². The number of amides is 1. The summed E-state index contributed by atoms with van der Waals surface area (Å²) in [5.74, 6) is -0.447. The summed E-state index contributed by atoms with van der Waals surface area (Å²) in [5.41, 5.74) is 9.94. The molecule has 1 unspecified atom stereocenters. The van der Waals surface area contributed by atoms with Gasteiger partial charge in [-0.25, -0.2) is 4.98 Å². The predicted octanol–water partition coefficient (Wildman–Crippen LogP) is 3.40. The van der Waals surface area contributed by atoms with E-state index in [9.17, 15) is 4.79 Å². The fourth-order valence-electron chi connectivity index (χ4n) is 3.91. The first-order valence-corrected chi connectivity index (χ1v) is 9.25. The van der Waals surface area contributed by atoms with E-state index >= 15 is 0 Å². The molecule has 3 heterocycles. The number of rotatable bonds is 4. The number of carbonyl (C=O) groups is 1. The molecule has 1 saturated heterocycles. The molecule has 0 radical (unpaired) electrons. The van der Waals surface area contributed by atoms with Crippen LogP contribution in [-0.2, 0) is 6.42 Å². The summed E-state index contributed by atoms with van der Waals surface area (Å²) < 4.78 is 1.77. The monoisotopic (exact) mass is 348 g/mol. The summed E-state index contributed by atoms with van der Waals surface area (Å²) in [4.78, 5) is 19.0. The number of piperidine rings is 1. The number of pyridine rings is 1. The SMILES string of the molecule is CC1CCCCN1c1ccc(Cc2nc3ccccn3c2C(N)=O)cc1. The average Bonchev–Trinajstić information content (AvgIpc) is 3.01. The van der Waals surface area contributed by atoms with Gasteiger partial charge in [0.25, 0.3) is 5.91 Å². The van der Waals surface area contributed by atoms with E-state index in [2.05, 4.69) is 41.1 Å². The number of primary amides is 1. The minimum Gasteiger partial charge on any atom is -0.369 e. The van der Waals surface area contributed by atoms with Crippen LogP contribution in [0.3, 0.4) is 0 Å². The molecule has 3 aromatic rings. The highest BCUT2D eigenvalue weighted by molar-refractivity contribution is 5.93. The second-order valence-corrected chi connectivity index (χ2v) is 7.08. The highest BCUT2D eigenvalue weighted by Gasteiger charge is 2.19. The van der Waals surface area contributed by atoms with Gasteiger partial charge in [-0.2, -0.15) is 0 Å². The van der Waals surface area contributed by atoms with Gasteiger partial charge in [0.05, 0.1) is 5.69 Å². The maximum Gasteiger partial charge on any atom is 0.267 e. The number of imidazole rings is 1. The largest absolute Gasteiger partial charge is 0.369 e. The Kier molecular flexibility index (Phi) is 4.37. The van der Waals surface area contributed by atoms with Crippen molar-refractivity contribution in [3.63, 3.8) is 0 Å². The standard InChI is InChI=1S/C21H24N4O/c1-15-6-2-4-12-24(15)17-10-8-16(9-11-17)14-18-20(21(22)26)25-13-5-3-7-19(25)23-18/h3,5,7-11,13,15H,2,4,6,12,14H2,1H3,(H2,22,26). The van der Waals surface area contributed by atoms with Gasteiger partial charge < -0.3 is 10.6 Å². The van der Waals surface area contributed by atoms with Crippen LogP contribution in [0.5, 0.6) is 0 Å². The van der Waals surface area contributed by atoms with Crippen LogP contribution >= 0.6 is 0 Å². The molecule has 5 nitrogen and oxygen atoms in total. The Morgan fingerprint density at radius 1 is 1.19 bits per heavy atom. The zero-order valence-corrected chi connectivity index (χ0v) is 15.1. The Hall–Kier alpha value is -2.82. The van der Waals surface area contributed by atoms with Gasteiger partial charge in [-0.15, -0.1) is 0 Å². The summed E-state index contributed by atoms with van der Waals surface area (Å²) in [6, 6.07) is 14.9. The van der Waals surface area contributed by atoms with E-state index in [-0.39, 0.29) is 0 Å². The minimum atomic E-state index is -0.447. The number of hydrogen-bond acceptors (Lipinski definition) is 3. The van der Waals surface area contributed by atoms with Crippen molar-refractivity contribution in [3.05, 3.63) is 65.6 Å². The first-order valence-electron chi connectivity index (χ1n) is 9.25. The lowest BCUT2D eigenvalue weighted by atomic mass is 10.0. The van der Waals surface area contributed by atoms with Gasteiger partial charge in [0.15, 0.2) is 0 Å². The van der Waals surface area contributed by atoms with Crippen molar-refractivity contribution in [1.29, 1.82) is 0 Å². The van der Waals surface area contributed by atoms with Crippen LogP contribution in [0.15, 0.2) is 48.7 Å². The maximum absolute atomic E-state index is 11.9. The molecule has 0 aliphatic carbocycles.